The van der Waals surface area contributed by atoms with Crippen LogP contribution in [0.3, 0.4) is 0 Å². The van der Waals surface area contributed by atoms with Crippen LogP contribution >= 0.6 is 0 Å². The molecule has 0 bridgehead atoms. The van der Waals surface area contributed by atoms with Crippen molar-refractivity contribution >= 4 is 15.9 Å². The molecule has 0 radical (unpaired) electrons. The Kier molecular flexibility index (Phi) is 6.71. The van der Waals surface area contributed by atoms with E-state index in [-0.39, 0.29) is 36.6 Å². The lowest BCUT2D eigenvalue weighted by Gasteiger charge is -2.34. The molecule has 0 unspecified atom stereocenters. The normalized spacial score (nSPS) is 14.6. The lowest BCUT2D eigenvalue weighted by Crippen LogP contribution is -2.51. The molecule has 1 fully saturated rings. The third-order valence-corrected chi connectivity index (χ3v) is 7.64. The summed E-state index contributed by atoms with van der Waals surface area (Å²) in [7, 11) is -0.874. The fraction of sp³-hybridized carbons (Fsp3) is 0.250. The van der Waals surface area contributed by atoms with E-state index in [1.54, 1.807) is 6.07 Å². The second kappa shape index (κ2) is 9.70. The maximum Gasteiger partial charge on any atom is 0.261 e. The van der Waals surface area contributed by atoms with Crippen LogP contribution in [0.15, 0.2) is 70.4 Å². The Hall–Kier alpha value is -3.63. The van der Waals surface area contributed by atoms with Crippen molar-refractivity contribution in [1.82, 2.24) is 14.2 Å². The minimum Gasteiger partial charge on any atom is -0.493 e. The molecule has 1 saturated heterocycles. The number of nitrogens with one attached hydrogen (secondary N) is 1. The second-order valence-electron chi connectivity index (χ2n) is 7.69. The number of aromatic amines is 1. The summed E-state index contributed by atoms with van der Waals surface area (Å²) in [5.41, 5.74) is 1.00. The molecule has 1 aliphatic rings. The van der Waals surface area contributed by atoms with Crippen LogP contribution in [-0.4, -0.2) is 68.9 Å². The zero-order valence-corrected chi connectivity index (χ0v) is 19.7. The maximum atomic E-state index is 13.1. The molecule has 178 valence electrons. The Balaban J connectivity index is 1.46. The van der Waals surface area contributed by atoms with Crippen LogP contribution in [0.25, 0.3) is 11.3 Å². The number of H-pyrrole nitrogens is 1. The van der Waals surface area contributed by atoms with Gasteiger partial charge in [-0.2, -0.15) is 4.31 Å². The molecule has 0 spiro atoms. The average molecular weight is 484 g/mol. The molecule has 3 aromatic rings. The number of hydrogen-bond acceptors (Lipinski definition) is 6. The van der Waals surface area contributed by atoms with Crippen molar-refractivity contribution in [2.75, 3.05) is 40.4 Å². The molecule has 0 atom stereocenters. The van der Waals surface area contributed by atoms with Gasteiger partial charge >= 0.3 is 0 Å². The largest absolute Gasteiger partial charge is 0.493 e. The zero-order chi connectivity index (χ0) is 24.3. The van der Waals surface area contributed by atoms with Gasteiger partial charge in [0, 0.05) is 37.9 Å². The number of carbonyl (C=O) groups is 1. The van der Waals surface area contributed by atoms with Gasteiger partial charge in [0.05, 0.1) is 19.1 Å². The number of sulfonamides is 1. The molecule has 10 heteroatoms. The highest BCUT2D eigenvalue weighted by Gasteiger charge is 2.31. The van der Waals surface area contributed by atoms with E-state index in [4.69, 9.17) is 9.47 Å². The molecule has 1 N–H and O–H groups in total. The lowest BCUT2D eigenvalue weighted by molar-refractivity contribution is 0.0696. The van der Waals surface area contributed by atoms with Gasteiger partial charge in [0.1, 0.15) is 5.56 Å². The van der Waals surface area contributed by atoms with E-state index >= 15 is 0 Å². The summed E-state index contributed by atoms with van der Waals surface area (Å²) < 4.78 is 37.9. The topological polar surface area (TPSA) is 109 Å². The predicted octanol–water partition coefficient (Wildman–Crippen LogP) is 2.21. The van der Waals surface area contributed by atoms with Crippen molar-refractivity contribution in [3.63, 3.8) is 0 Å². The van der Waals surface area contributed by atoms with Gasteiger partial charge in [-0.3, -0.25) is 9.59 Å². The SMILES string of the molecule is COc1ccc(S(=O)(=O)N2CCN(C(=O)c3ccc(-c4ccccc4)[nH]c3=O)CC2)cc1OC. The number of amides is 1. The van der Waals surface area contributed by atoms with Crippen LogP contribution in [0.2, 0.25) is 0 Å². The number of aromatic nitrogens is 1. The first-order chi connectivity index (χ1) is 16.3. The van der Waals surface area contributed by atoms with E-state index in [1.165, 1.54) is 47.7 Å². The summed E-state index contributed by atoms with van der Waals surface area (Å²) in [6, 6.07) is 17.0. The second-order valence-corrected chi connectivity index (χ2v) is 9.63. The molecule has 2 aromatic carbocycles. The third kappa shape index (κ3) is 4.55. The molecular weight excluding hydrogens is 458 g/mol. The van der Waals surface area contributed by atoms with Gasteiger partial charge in [-0.1, -0.05) is 30.3 Å². The minimum atomic E-state index is -3.79. The number of pyridine rings is 1. The fourth-order valence-corrected chi connectivity index (χ4v) is 5.29. The van der Waals surface area contributed by atoms with Crippen molar-refractivity contribution in [2.45, 2.75) is 4.90 Å². The summed E-state index contributed by atoms with van der Waals surface area (Å²) in [5, 5.41) is 0. The van der Waals surface area contributed by atoms with Gasteiger partial charge in [-0.25, -0.2) is 8.42 Å². The summed E-state index contributed by atoms with van der Waals surface area (Å²) >= 11 is 0. The highest BCUT2D eigenvalue weighted by molar-refractivity contribution is 7.89. The lowest BCUT2D eigenvalue weighted by atomic mass is 10.1. The standard InChI is InChI=1S/C24H25N3O6S/c1-32-21-11-8-18(16-22(21)33-2)34(30,31)27-14-12-26(13-15-27)24(29)19-9-10-20(25-23(19)28)17-6-4-3-5-7-17/h3-11,16H,12-15H2,1-2H3,(H,25,28). The first-order valence-electron chi connectivity index (χ1n) is 10.7. The van der Waals surface area contributed by atoms with Crippen molar-refractivity contribution in [1.29, 1.82) is 0 Å². The smallest absolute Gasteiger partial charge is 0.261 e. The third-order valence-electron chi connectivity index (χ3n) is 5.74. The molecule has 34 heavy (non-hydrogen) atoms. The Morgan fingerprint density at radius 3 is 2.18 bits per heavy atom. The molecule has 2 heterocycles. The van der Waals surface area contributed by atoms with Gasteiger partial charge in [0.15, 0.2) is 11.5 Å². The van der Waals surface area contributed by atoms with Crippen molar-refractivity contribution in [3.8, 4) is 22.8 Å². The highest BCUT2D eigenvalue weighted by atomic mass is 32.2. The number of rotatable bonds is 6. The van der Waals surface area contributed by atoms with Crippen molar-refractivity contribution < 1.29 is 22.7 Å². The average Bonchev–Trinajstić information content (AvgIpc) is 2.88. The Bertz CT molecular complexity index is 1350. The molecule has 1 amide bonds. The number of methoxy groups -OCH3 is 2. The van der Waals surface area contributed by atoms with Crippen LogP contribution in [0.1, 0.15) is 10.4 Å². The minimum absolute atomic E-state index is 0.0240. The van der Waals surface area contributed by atoms with Crippen LogP contribution in [-0.2, 0) is 10.0 Å². The fourth-order valence-electron chi connectivity index (χ4n) is 3.86. The predicted molar refractivity (Wildman–Crippen MR) is 127 cm³/mol. The van der Waals surface area contributed by atoms with Gasteiger partial charge in [-0.15, -0.1) is 0 Å². The van der Waals surface area contributed by atoms with E-state index in [9.17, 15) is 18.0 Å². The highest BCUT2D eigenvalue weighted by Crippen LogP contribution is 2.31. The quantitative estimate of drug-likeness (QED) is 0.576. The Labute approximate surface area is 197 Å². The maximum absolute atomic E-state index is 13.1. The molecule has 4 rings (SSSR count). The number of carbonyl (C=O) groups excluding carboxylic acids is 1. The van der Waals surface area contributed by atoms with Crippen LogP contribution < -0.4 is 15.0 Å². The summed E-state index contributed by atoms with van der Waals surface area (Å²) in [4.78, 5) is 29.9. The van der Waals surface area contributed by atoms with Gasteiger partial charge < -0.3 is 19.4 Å². The van der Waals surface area contributed by atoms with Gasteiger partial charge in [0.25, 0.3) is 11.5 Å². The van der Waals surface area contributed by atoms with E-state index < -0.39 is 21.5 Å². The van der Waals surface area contributed by atoms with Crippen molar-refractivity contribution in [3.05, 3.63) is 76.6 Å². The molecule has 0 aliphatic carbocycles. The molecule has 1 aliphatic heterocycles. The molecule has 0 saturated carbocycles. The molecule has 1 aromatic heterocycles. The van der Waals surface area contributed by atoms with E-state index in [0.717, 1.165) is 5.56 Å². The van der Waals surface area contributed by atoms with E-state index in [2.05, 4.69) is 4.98 Å². The van der Waals surface area contributed by atoms with Crippen LogP contribution in [0, 0.1) is 0 Å². The number of benzene rings is 2. The molecule has 9 nitrogen and oxygen atoms in total. The zero-order valence-electron chi connectivity index (χ0n) is 18.9. The van der Waals surface area contributed by atoms with Crippen LogP contribution in [0.5, 0.6) is 11.5 Å². The van der Waals surface area contributed by atoms with Gasteiger partial charge in [-0.05, 0) is 29.8 Å². The van der Waals surface area contributed by atoms with E-state index in [0.29, 0.717) is 17.2 Å². The Morgan fingerprint density at radius 1 is 0.882 bits per heavy atom. The first kappa shape index (κ1) is 23.5. The monoisotopic (exact) mass is 483 g/mol. The first-order valence-corrected chi connectivity index (χ1v) is 12.1. The summed E-state index contributed by atoms with van der Waals surface area (Å²) in [6.45, 7) is 0.571. The number of ether oxygens (including phenoxy) is 2. The Morgan fingerprint density at radius 2 is 1.56 bits per heavy atom. The van der Waals surface area contributed by atoms with Gasteiger partial charge in [0.2, 0.25) is 10.0 Å². The number of piperazine rings is 1. The summed E-state index contributed by atoms with van der Waals surface area (Å²) in [6.07, 6.45) is 0. The van der Waals surface area contributed by atoms with Crippen LogP contribution in [0.4, 0.5) is 0 Å². The molecular formula is C24H25N3O6S. The van der Waals surface area contributed by atoms with E-state index in [1.807, 2.05) is 30.3 Å². The number of nitrogens with zero attached hydrogens (tertiary/aromatic N) is 2. The van der Waals surface area contributed by atoms with Crippen molar-refractivity contribution in [2.24, 2.45) is 0 Å². The summed E-state index contributed by atoms with van der Waals surface area (Å²) in [5.74, 6) is 0.319. The number of hydrogen-bond donors (Lipinski definition) is 1.